The molecule has 19 heavy (non-hydrogen) atoms. The van der Waals surface area contributed by atoms with Crippen LogP contribution < -0.4 is 0 Å². The zero-order chi connectivity index (χ0) is 13.2. The standard InChI is InChI=1S/C17H17NO/c1-3-12-5-8-14(9-6-12)17-18-15-10-7-13(4-2)11-16(15)19-17/h5-11H,3-4H2,1-2H3. The molecule has 96 valence electrons. The SMILES string of the molecule is CCc1ccc(-c2nc3ccc(CC)cc3o2)cc1. The van der Waals surface area contributed by atoms with Crippen molar-refractivity contribution in [3.8, 4) is 11.5 Å². The van der Waals surface area contributed by atoms with E-state index in [-0.39, 0.29) is 0 Å². The Morgan fingerprint density at radius 3 is 2.26 bits per heavy atom. The largest absolute Gasteiger partial charge is 0.436 e. The van der Waals surface area contributed by atoms with E-state index in [1.54, 1.807) is 0 Å². The van der Waals surface area contributed by atoms with Crippen LogP contribution in [0.4, 0.5) is 0 Å². The molecule has 0 aliphatic carbocycles. The van der Waals surface area contributed by atoms with Crippen LogP contribution in [-0.2, 0) is 12.8 Å². The predicted molar refractivity (Wildman–Crippen MR) is 78.2 cm³/mol. The second-order valence-corrected chi connectivity index (χ2v) is 4.73. The van der Waals surface area contributed by atoms with Crippen LogP contribution in [0, 0.1) is 0 Å². The lowest BCUT2D eigenvalue weighted by Crippen LogP contribution is -1.81. The van der Waals surface area contributed by atoms with Crippen LogP contribution >= 0.6 is 0 Å². The van der Waals surface area contributed by atoms with Gasteiger partial charge in [-0.3, -0.25) is 0 Å². The third-order valence-electron chi connectivity index (χ3n) is 3.47. The maximum atomic E-state index is 5.86. The first kappa shape index (κ1) is 12.0. The number of fused-ring (bicyclic) bond motifs is 1. The average molecular weight is 251 g/mol. The van der Waals surface area contributed by atoms with E-state index in [0.717, 1.165) is 29.5 Å². The number of aromatic nitrogens is 1. The first-order valence-corrected chi connectivity index (χ1v) is 6.79. The molecule has 0 bridgehead atoms. The van der Waals surface area contributed by atoms with E-state index < -0.39 is 0 Å². The van der Waals surface area contributed by atoms with Crippen molar-refractivity contribution >= 4 is 11.1 Å². The highest BCUT2D eigenvalue weighted by atomic mass is 16.3. The van der Waals surface area contributed by atoms with Crippen molar-refractivity contribution in [2.24, 2.45) is 0 Å². The number of hydrogen-bond acceptors (Lipinski definition) is 2. The molecule has 3 aromatic rings. The van der Waals surface area contributed by atoms with Crippen molar-refractivity contribution in [2.45, 2.75) is 26.7 Å². The van der Waals surface area contributed by atoms with Gasteiger partial charge in [0.05, 0.1) is 0 Å². The van der Waals surface area contributed by atoms with Crippen molar-refractivity contribution < 1.29 is 4.42 Å². The second kappa shape index (κ2) is 4.88. The Hall–Kier alpha value is -2.09. The Morgan fingerprint density at radius 1 is 0.895 bits per heavy atom. The number of hydrogen-bond donors (Lipinski definition) is 0. The second-order valence-electron chi connectivity index (χ2n) is 4.73. The first-order chi connectivity index (χ1) is 9.30. The molecule has 2 aromatic carbocycles. The third kappa shape index (κ3) is 2.26. The minimum atomic E-state index is 0.700. The van der Waals surface area contributed by atoms with E-state index >= 15 is 0 Å². The lowest BCUT2D eigenvalue weighted by atomic mass is 10.1. The highest BCUT2D eigenvalue weighted by molar-refractivity contribution is 5.76. The van der Waals surface area contributed by atoms with Gasteiger partial charge < -0.3 is 4.42 Å². The van der Waals surface area contributed by atoms with Gasteiger partial charge in [0.15, 0.2) is 5.58 Å². The summed E-state index contributed by atoms with van der Waals surface area (Å²) in [6.45, 7) is 4.29. The summed E-state index contributed by atoms with van der Waals surface area (Å²) in [5.41, 5.74) is 5.43. The number of aryl methyl sites for hydroxylation is 2. The molecule has 2 heteroatoms. The molecule has 0 aliphatic heterocycles. The summed E-state index contributed by atoms with van der Waals surface area (Å²) < 4.78 is 5.86. The molecular formula is C17H17NO. The minimum absolute atomic E-state index is 0.700. The predicted octanol–water partition coefficient (Wildman–Crippen LogP) is 4.62. The highest BCUT2D eigenvalue weighted by Gasteiger charge is 2.08. The normalized spacial score (nSPS) is 11.1. The molecule has 0 saturated heterocycles. The Labute approximate surface area is 113 Å². The van der Waals surface area contributed by atoms with Crippen LogP contribution in [0.5, 0.6) is 0 Å². The summed E-state index contributed by atoms with van der Waals surface area (Å²) in [7, 11) is 0. The smallest absolute Gasteiger partial charge is 0.227 e. The van der Waals surface area contributed by atoms with Crippen molar-refractivity contribution in [3.05, 3.63) is 53.6 Å². The molecule has 0 fully saturated rings. The lowest BCUT2D eigenvalue weighted by Gasteiger charge is -1.97. The van der Waals surface area contributed by atoms with Crippen LogP contribution in [0.25, 0.3) is 22.6 Å². The molecule has 0 N–H and O–H groups in total. The van der Waals surface area contributed by atoms with Crippen LogP contribution in [0.1, 0.15) is 25.0 Å². The van der Waals surface area contributed by atoms with Gasteiger partial charge in [0.1, 0.15) is 5.52 Å². The zero-order valence-corrected chi connectivity index (χ0v) is 11.3. The van der Waals surface area contributed by atoms with E-state index in [1.165, 1.54) is 11.1 Å². The van der Waals surface area contributed by atoms with Crippen molar-refractivity contribution in [2.75, 3.05) is 0 Å². The minimum Gasteiger partial charge on any atom is -0.436 e. The van der Waals surface area contributed by atoms with Gasteiger partial charge in [0, 0.05) is 5.56 Å². The van der Waals surface area contributed by atoms with Crippen LogP contribution in [0.3, 0.4) is 0 Å². The number of oxazole rings is 1. The van der Waals surface area contributed by atoms with E-state index in [4.69, 9.17) is 4.42 Å². The average Bonchev–Trinajstić information content (AvgIpc) is 2.90. The summed E-state index contributed by atoms with van der Waals surface area (Å²) in [6.07, 6.45) is 2.06. The van der Waals surface area contributed by atoms with Gasteiger partial charge in [0.2, 0.25) is 5.89 Å². The van der Waals surface area contributed by atoms with Crippen molar-refractivity contribution in [1.82, 2.24) is 4.98 Å². The van der Waals surface area contributed by atoms with Gasteiger partial charge in [-0.15, -0.1) is 0 Å². The molecular weight excluding hydrogens is 234 g/mol. The Kier molecular flexibility index (Phi) is 3.08. The molecule has 1 heterocycles. The molecule has 0 spiro atoms. The lowest BCUT2D eigenvalue weighted by molar-refractivity contribution is 0.619. The fraction of sp³-hybridized carbons (Fsp3) is 0.235. The van der Waals surface area contributed by atoms with Gasteiger partial charge in [-0.1, -0.05) is 32.0 Å². The monoisotopic (exact) mass is 251 g/mol. The Balaban J connectivity index is 2.04. The van der Waals surface area contributed by atoms with E-state index in [2.05, 4.69) is 55.2 Å². The maximum Gasteiger partial charge on any atom is 0.227 e. The molecule has 1 aromatic heterocycles. The molecule has 0 amide bonds. The summed E-state index contributed by atoms with van der Waals surface area (Å²) >= 11 is 0. The molecule has 0 radical (unpaired) electrons. The van der Waals surface area contributed by atoms with E-state index in [0.29, 0.717) is 5.89 Å². The van der Waals surface area contributed by atoms with Gasteiger partial charge in [0.25, 0.3) is 0 Å². The summed E-state index contributed by atoms with van der Waals surface area (Å²) in [5.74, 6) is 0.700. The fourth-order valence-electron chi connectivity index (χ4n) is 2.20. The maximum absolute atomic E-state index is 5.86. The van der Waals surface area contributed by atoms with Crippen molar-refractivity contribution in [1.29, 1.82) is 0 Å². The Bertz CT molecular complexity index is 695. The summed E-state index contributed by atoms with van der Waals surface area (Å²) in [5, 5.41) is 0. The number of benzene rings is 2. The quantitative estimate of drug-likeness (QED) is 0.679. The van der Waals surface area contributed by atoms with Gasteiger partial charge in [-0.05, 0) is 48.2 Å². The zero-order valence-electron chi connectivity index (χ0n) is 11.3. The Morgan fingerprint density at radius 2 is 1.58 bits per heavy atom. The van der Waals surface area contributed by atoms with Crippen LogP contribution in [0.15, 0.2) is 46.9 Å². The molecule has 2 nitrogen and oxygen atoms in total. The van der Waals surface area contributed by atoms with Crippen molar-refractivity contribution in [3.63, 3.8) is 0 Å². The van der Waals surface area contributed by atoms with Crippen LogP contribution in [-0.4, -0.2) is 4.98 Å². The molecule has 0 atom stereocenters. The number of rotatable bonds is 3. The summed E-state index contributed by atoms with van der Waals surface area (Å²) in [4.78, 5) is 4.55. The topological polar surface area (TPSA) is 26.0 Å². The molecule has 0 aliphatic rings. The van der Waals surface area contributed by atoms with E-state index in [9.17, 15) is 0 Å². The molecule has 0 saturated carbocycles. The first-order valence-electron chi connectivity index (χ1n) is 6.79. The fourth-order valence-corrected chi connectivity index (χ4v) is 2.20. The highest BCUT2D eigenvalue weighted by Crippen LogP contribution is 2.25. The molecule has 3 rings (SSSR count). The third-order valence-corrected chi connectivity index (χ3v) is 3.47. The van der Waals surface area contributed by atoms with E-state index in [1.807, 2.05) is 6.07 Å². The van der Waals surface area contributed by atoms with Gasteiger partial charge in [-0.2, -0.15) is 0 Å². The number of nitrogens with zero attached hydrogens (tertiary/aromatic N) is 1. The van der Waals surface area contributed by atoms with Gasteiger partial charge >= 0.3 is 0 Å². The summed E-state index contributed by atoms with van der Waals surface area (Å²) in [6, 6.07) is 14.6. The molecule has 0 unspecified atom stereocenters. The van der Waals surface area contributed by atoms with Gasteiger partial charge in [-0.25, -0.2) is 4.98 Å². The van der Waals surface area contributed by atoms with Crippen LogP contribution in [0.2, 0.25) is 0 Å².